The van der Waals surface area contributed by atoms with Crippen LogP contribution in [-0.4, -0.2) is 15.9 Å². The summed E-state index contributed by atoms with van der Waals surface area (Å²) in [5.41, 5.74) is 1.16. The van der Waals surface area contributed by atoms with Crippen molar-refractivity contribution in [2.45, 2.75) is 20.8 Å². The van der Waals surface area contributed by atoms with Crippen LogP contribution in [0.4, 0.5) is 5.82 Å². The van der Waals surface area contributed by atoms with Crippen molar-refractivity contribution in [3.63, 3.8) is 0 Å². The van der Waals surface area contributed by atoms with Gasteiger partial charge in [-0.1, -0.05) is 32.9 Å². The summed E-state index contributed by atoms with van der Waals surface area (Å²) >= 11 is 2.08. The molecule has 4 nitrogen and oxygen atoms in total. The first-order valence-electron chi connectivity index (χ1n) is 5.61. The zero-order chi connectivity index (χ0) is 13.3. The van der Waals surface area contributed by atoms with Crippen LogP contribution in [0.25, 0.3) is 11.0 Å². The first kappa shape index (κ1) is 13.2. The van der Waals surface area contributed by atoms with Crippen molar-refractivity contribution in [2.75, 3.05) is 5.32 Å². The second-order valence-electron chi connectivity index (χ2n) is 5.06. The van der Waals surface area contributed by atoms with Gasteiger partial charge < -0.3 is 5.32 Å². The predicted octanol–water partition coefficient (Wildman–Crippen LogP) is 3.22. The van der Waals surface area contributed by atoms with Crippen molar-refractivity contribution in [1.82, 2.24) is 9.97 Å². The Morgan fingerprint density at radius 1 is 1.17 bits per heavy atom. The van der Waals surface area contributed by atoms with E-state index in [4.69, 9.17) is 0 Å². The highest BCUT2D eigenvalue weighted by Crippen LogP contribution is 2.21. The molecule has 1 amide bonds. The Labute approximate surface area is 119 Å². The predicted molar refractivity (Wildman–Crippen MR) is 80.3 cm³/mol. The van der Waals surface area contributed by atoms with E-state index < -0.39 is 5.41 Å². The van der Waals surface area contributed by atoms with E-state index in [9.17, 15) is 4.79 Å². The minimum absolute atomic E-state index is 0.0648. The standard InChI is InChI=1S/C13H14IN3O/c1-13(2,3)12(18)17-11-10(14)15-8-6-4-5-7-9(8)16-11/h4-7H,1-3H3,(H,16,17,18). The average molecular weight is 355 g/mol. The lowest BCUT2D eigenvalue weighted by Crippen LogP contribution is -2.28. The Balaban J connectivity index is 2.40. The Morgan fingerprint density at radius 2 is 1.72 bits per heavy atom. The van der Waals surface area contributed by atoms with Crippen molar-refractivity contribution in [3.05, 3.63) is 28.0 Å². The lowest BCUT2D eigenvalue weighted by Gasteiger charge is -2.17. The minimum atomic E-state index is -0.448. The second kappa shape index (κ2) is 4.79. The summed E-state index contributed by atoms with van der Waals surface area (Å²) in [6.45, 7) is 5.59. The number of nitrogens with one attached hydrogen (secondary N) is 1. The van der Waals surface area contributed by atoms with E-state index in [1.54, 1.807) is 0 Å². The van der Waals surface area contributed by atoms with E-state index in [1.807, 2.05) is 45.0 Å². The maximum absolute atomic E-state index is 11.9. The van der Waals surface area contributed by atoms with Gasteiger partial charge in [0.1, 0.15) is 3.70 Å². The Morgan fingerprint density at radius 3 is 2.28 bits per heavy atom. The number of para-hydroxylation sites is 2. The topological polar surface area (TPSA) is 54.9 Å². The summed E-state index contributed by atoms with van der Waals surface area (Å²) < 4.78 is 0.698. The van der Waals surface area contributed by atoms with Crippen molar-refractivity contribution < 1.29 is 4.79 Å². The Bertz CT molecular complexity index is 605. The van der Waals surface area contributed by atoms with Gasteiger partial charge >= 0.3 is 0 Å². The molecule has 0 aliphatic heterocycles. The van der Waals surface area contributed by atoms with Crippen LogP contribution in [0.15, 0.2) is 24.3 Å². The quantitative estimate of drug-likeness (QED) is 0.800. The molecule has 0 fully saturated rings. The molecule has 2 rings (SSSR count). The van der Waals surface area contributed by atoms with Gasteiger partial charge in [0.05, 0.1) is 11.0 Å². The summed E-state index contributed by atoms with van der Waals surface area (Å²) in [7, 11) is 0. The van der Waals surface area contributed by atoms with Crippen LogP contribution in [0.1, 0.15) is 20.8 Å². The van der Waals surface area contributed by atoms with Crippen molar-refractivity contribution in [2.24, 2.45) is 5.41 Å². The number of amides is 1. The maximum Gasteiger partial charge on any atom is 0.230 e. The number of halogens is 1. The number of carbonyl (C=O) groups excluding carboxylic acids is 1. The van der Waals surface area contributed by atoms with Gasteiger partial charge in [-0.3, -0.25) is 4.79 Å². The Hall–Kier alpha value is -1.24. The third kappa shape index (κ3) is 2.77. The molecule has 0 aliphatic carbocycles. The first-order chi connectivity index (χ1) is 8.38. The van der Waals surface area contributed by atoms with Crippen molar-refractivity contribution >= 4 is 45.3 Å². The number of benzene rings is 1. The molecular weight excluding hydrogens is 341 g/mol. The number of anilines is 1. The van der Waals surface area contributed by atoms with Crippen LogP contribution in [-0.2, 0) is 4.79 Å². The monoisotopic (exact) mass is 355 g/mol. The van der Waals surface area contributed by atoms with E-state index in [0.717, 1.165) is 11.0 Å². The van der Waals surface area contributed by atoms with Crippen LogP contribution >= 0.6 is 22.6 Å². The molecular formula is C13H14IN3O. The Kier molecular flexibility index (Phi) is 3.52. The smallest absolute Gasteiger partial charge is 0.230 e. The summed E-state index contributed by atoms with van der Waals surface area (Å²) in [6.07, 6.45) is 0. The molecule has 0 unspecified atom stereocenters. The summed E-state index contributed by atoms with van der Waals surface area (Å²) in [5.74, 6) is 0.458. The molecule has 1 aromatic heterocycles. The summed E-state index contributed by atoms with van der Waals surface area (Å²) in [5, 5.41) is 2.82. The zero-order valence-corrected chi connectivity index (χ0v) is 12.6. The number of hydrogen-bond donors (Lipinski definition) is 1. The molecule has 94 valence electrons. The fraction of sp³-hybridized carbons (Fsp3) is 0.308. The number of carbonyl (C=O) groups is 1. The van der Waals surface area contributed by atoms with Crippen LogP contribution in [0, 0.1) is 9.12 Å². The summed E-state index contributed by atoms with van der Waals surface area (Å²) in [4.78, 5) is 20.8. The fourth-order valence-corrected chi connectivity index (χ4v) is 1.87. The fourth-order valence-electron chi connectivity index (χ4n) is 1.35. The lowest BCUT2D eigenvalue weighted by atomic mass is 9.96. The molecule has 18 heavy (non-hydrogen) atoms. The number of hydrogen-bond acceptors (Lipinski definition) is 3. The highest BCUT2D eigenvalue weighted by Gasteiger charge is 2.22. The van der Waals surface area contributed by atoms with Crippen LogP contribution in [0.5, 0.6) is 0 Å². The number of rotatable bonds is 1. The van der Waals surface area contributed by atoms with Gasteiger partial charge in [0.15, 0.2) is 5.82 Å². The highest BCUT2D eigenvalue weighted by atomic mass is 127. The van der Waals surface area contributed by atoms with Gasteiger partial charge in [-0.2, -0.15) is 0 Å². The minimum Gasteiger partial charge on any atom is -0.308 e. The third-order valence-corrected chi connectivity index (χ3v) is 3.19. The lowest BCUT2D eigenvalue weighted by molar-refractivity contribution is -0.123. The molecule has 0 saturated heterocycles. The molecule has 0 bridgehead atoms. The molecule has 0 saturated carbocycles. The zero-order valence-electron chi connectivity index (χ0n) is 10.5. The largest absolute Gasteiger partial charge is 0.308 e. The maximum atomic E-state index is 11.9. The molecule has 0 atom stereocenters. The van der Waals surface area contributed by atoms with E-state index in [-0.39, 0.29) is 5.91 Å². The van der Waals surface area contributed by atoms with Crippen LogP contribution in [0.3, 0.4) is 0 Å². The number of fused-ring (bicyclic) bond motifs is 1. The molecule has 1 heterocycles. The normalized spacial score (nSPS) is 11.6. The van der Waals surface area contributed by atoms with E-state index in [1.165, 1.54) is 0 Å². The number of aromatic nitrogens is 2. The van der Waals surface area contributed by atoms with Gasteiger partial charge in [-0.25, -0.2) is 9.97 Å². The van der Waals surface area contributed by atoms with Gasteiger partial charge in [-0.15, -0.1) is 0 Å². The molecule has 5 heteroatoms. The molecule has 2 aromatic rings. The van der Waals surface area contributed by atoms with Crippen LogP contribution in [0.2, 0.25) is 0 Å². The van der Waals surface area contributed by atoms with Gasteiger partial charge in [0, 0.05) is 5.41 Å². The molecule has 0 aliphatic rings. The van der Waals surface area contributed by atoms with Crippen molar-refractivity contribution in [1.29, 1.82) is 0 Å². The van der Waals surface area contributed by atoms with Gasteiger partial charge in [-0.05, 0) is 34.7 Å². The van der Waals surface area contributed by atoms with Gasteiger partial charge in [0.25, 0.3) is 0 Å². The van der Waals surface area contributed by atoms with Crippen LogP contribution < -0.4 is 5.32 Å². The third-order valence-electron chi connectivity index (χ3n) is 2.44. The molecule has 0 radical (unpaired) electrons. The average Bonchev–Trinajstić information content (AvgIpc) is 2.28. The van der Waals surface area contributed by atoms with Gasteiger partial charge in [0.2, 0.25) is 5.91 Å². The molecule has 1 aromatic carbocycles. The van der Waals surface area contributed by atoms with E-state index >= 15 is 0 Å². The SMILES string of the molecule is CC(C)(C)C(=O)Nc1nc2ccccc2nc1I. The number of nitrogens with zero attached hydrogens (tertiary/aromatic N) is 2. The van der Waals surface area contributed by atoms with E-state index in [0.29, 0.717) is 9.52 Å². The second-order valence-corrected chi connectivity index (χ2v) is 6.08. The van der Waals surface area contributed by atoms with Crippen molar-refractivity contribution in [3.8, 4) is 0 Å². The van der Waals surface area contributed by atoms with E-state index in [2.05, 4.69) is 37.9 Å². The molecule has 1 N–H and O–H groups in total. The summed E-state index contributed by atoms with van der Waals surface area (Å²) in [6, 6.07) is 7.60. The first-order valence-corrected chi connectivity index (χ1v) is 6.69. The highest BCUT2D eigenvalue weighted by molar-refractivity contribution is 14.1. The molecule has 0 spiro atoms.